The van der Waals surface area contributed by atoms with Crippen molar-refractivity contribution in [3.8, 4) is 85.8 Å². The SMILES string of the molecule is CCCCCCOc1cccc(-c2nc(-c3cc(-c4noc(-c5cccc(OCCCCCC)c5)n4)cc(-c4noc(-c5cccc(OCCCCCC)c5)n4)c3)no2)c1. The Kier molecular flexibility index (Phi) is 15.1. The van der Waals surface area contributed by atoms with E-state index in [9.17, 15) is 0 Å². The van der Waals surface area contributed by atoms with E-state index in [1.54, 1.807) is 0 Å². The summed E-state index contributed by atoms with van der Waals surface area (Å²) in [6.07, 6.45) is 13.6. The van der Waals surface area contributed by atoms with Gasteiger partial charge in [0.2, 0.25) is 17.5 Å². The molecule has 3 aromatic heterocycles. The van der Waals surface area contributed by atoms with E-state index < -0.39 is 0 Å². The minimum Gasteiger partial charge on any atom is -0.494 e. The Bertz CT molecular complexity index is 2110. The number of aromatic nitrogens is 6. The lowest BCUT2D eigenvalue weighted by Crippen LogP contribution is -1.97. The van der Waals surface area contributed by atoms with Crippen LogP contribution in [0.5, 0.6) is 17.2 Å². The van der Waals surface area contributed by atoms with Gasteiger partial charge >= 0.3 is 0 Å². The minimum atomic E-state index is 0.358. The molecular weight excluding hydrogens is 757 g/mol. The van der Waals surface area contributed by atoms with Crippen LogP contribution in [0.4, 0.5) is 0 Å². The standard InChI is InChI=1S/C48H54N6O6/c1-4-7-10-13-25-55-40-22-16-19-34(31-40)46-49-43(52-58-46)37-28-38(44-50-47(59-53-44)35-20-17-23-41(32-35)56-26-14-11-8-5-2)30-39(29-37)45-51-48(60-54-45)36-21-18-24-42(33-36)57-27-15-12-9-6-3/h16-24,28-33H,4-15,25-27H2,1-3H3. The Morgan fingerprint density at radius 2 is 0.683 bits per heavy atom. The normalized spacial score (nSPS) is 11.2. The van der Waals surface area contributed by atoms with Gasteiger partial charge in [-0.25, -0.2) is 0 Å². The highest BCUT2D eigenvalue weighted by molar-refractivity contribution is 5.76. The first-order valence-electron chi connectivity index (χ1n) is 21.5. The van der Waals surface area contributed by atoms with Crippen molar-refractivity contribution in [3.05, 3.63) is 91.0 Å². The van der Waals surface area contributed by atoms with E-state index in [1.807, 2.05) is 91.0 Å². The van der Waals surface area contributed by atoms with Crippen molar-refractivity contribution in [2.45, 2.75) is 97.8 Å². The maximum atomic E-state index is 6.03. The van der Waals surface area contributed by atoms with Crippen molar-refractivity contribution in [3.63, 3.8) is 0 Å². The molecule has 0 spiro atoms. The number of rotatable bonds is 24. The van der Waals surface area contributed by atoms with Gasteiger partial charge in [-0.2, -0.15) is 15.0 Å². The molecule has 4 aromatic carbocycles. The van der Waals surface area contributed by atoms with E-state index in [0.29, 0.717) is 71.7 Å². The summed E-state index contributed by atoms with van der Waals surface area (Å²) >= 11 is 0. The largest absolute Gasteiger partial charge is 0.494 e. The van der Waals surface area contributed by atoms with Crippen LogP contribution in [-0.2, 0) is 0 Å². The molecule has 0 aliphatic rings. The Morgan fingerprint density at radius 1 is 0.367 bits per heavy atom. The van der Waals surface area contributed by atoms with Crippen molar-refractivity contribution < 1.29 is 27.8 Å². The van der Waals surface area contributed by atoms with Gasteiger partial charge in [0.15, 0.2) is 0 Å². The van der Waals surface area contributed by atoms with Crippen LogP contribution in [0, 0.1) is 0 Å². The Balaban J connectivity index is 1.16. The molecule has 0 radical (unpaired) electrons. The van der Waals surface area contributed by atoms with Crippen molar-refractivity contribution in [1.82, 2.24) is 30.4 Å². The zero-order valence-corrected chi connectivity index (χ0v) is 34.9. The summed E-state index contributed by atoms with van der Waals surface area (Å²) in [4.78, 5) is 14.4. The second kappa shape index (κ2) is 21.6. The van der Waals surface area contributed by atoms with Crippen molar-refractivity contribution in [1.29, 1.82) is 0 Å². The van der Waals surface area contributed by atoms with E-state index in [1.165, 1.54) is 38.5 Å². The molecule has 12 nitrogen and oxygen atoms in total. The highest BCUT2D eigenvalue weighted by Gasteiger charge is 2.20. The fourth-order valence-corrected chi connectivity index (χ4v) is 6.70. The van der Waals surface area contributed by atoms with Crippen LogP contribution in [0.15, 0.2) is 105 Å². The third kappa shape index (κ3) is 11.5. The predicted molar refractivity (Wildman–Crippen MR) is 232 cm³/mol. The second-order valence-electron chi connectivity index (χ2n) is 14.9. The topological polar surface area (TPSA) is 144 Å². The minimum absolute atomic E-state index is 0.358. The molecule has 60 heavy (non-hydrogen) atoms. The lowest BCUT2D eigenvalue weighted by Gasteiger charge is -2.06. The van der Waals surface area contributed by atoms with E-state index in [-0.39, 0.29) is 0 Å². The van der Waals surface area contributed by atoms with Crippen LogP contribution >= 0.6 is 0 Å². The summed E-state index contributed by atoms with van der Waals surface area (Å²) in [6.45, 7) is 8.55. The van der Waals surface area contributed by atoms with Gasteiger partial charge in [0.25, 0.3) is 17.7 Å². The van der Waals surface area contributed by atoms with Crippen LogP contribution in [0.25, 0.3) is 68.5 Å². The van der Waals surface area contributed by atoms with Gasteiger partial charge in [0.05, 0.1) is 19.8 Å². The van der Waals surface area contributed by atoms with Crippen molar-refractivity contribution in [2.75, 3.05) is 19.8 Å². The summed E-state index contributed by atoms with van der Waals surface area (Å²) in [6, 6.07) is 28.8. The van der Waals surface area contributed by atoms with Gasteiger partial charge < -0.3 is 27.8 Å². The van der Waals surface area contributed by atoms with Crippen LogP contribution < -0.4 is 14.2 Å². The van der Waals surface area contributed by atoms with Gasteiger partial charge in [-0.05, 0) is 92.1 Å². The molecule has 0 fully saturated rings. The second-order valence-corrected chi connectivity index (χ2v) is 14.9. The average molecular weight is 811 g/mol. The number of ether oxygens (including phenoxy) is 3. The van der Waals surface area contributed by atoms with Crippen molar-refractivity contribution in [2.24, 2.45) is 0 Å². The lowest BCUT2D eigenvalue weighted by atomic mass is 10.0. The van der Waals surface area contributed by atoms with Gasteiger partial charge in [0, 0.05) is 33.4 Å². The molecule has 7 rings (SSSR count). The average Bonchev–Trinajstić information content (AvgIpc) is 4.09. The Morgan fingerprint density at radius 3 is 0.983 bits per heavy atom. The number of nitrogens with zero attached hydrogens (tertiary/aromatic N) is 6. The molecule has 0 unspecified atom stereocenters. The quantitative estimate of drug-likeness (QED) is 0.0535. The molecule has 0 N–H and O–H groups in total. The smallest absolute Gasteiger partial charge is 0.258 e. The van der Waals surface area contributed by atoms with Crippen LogP contribution in [0.1, 0.15) is 97.8 Å². The third-order valence-corrected chi connectivity index (χ3v) is 10.0. The van der Waals surface area contributed by atoms with Crippen LogP contribution in [-0.4, -0.2) is 50.2 Å². The van der Waals surface area contributed by atoms with E-state index in [0.717, 1.165) is 72.5 Å². The molecule has 0 atom stereocenters. The van der Waals surface area contributed by atoms with Gasteiger partial charge in [-0.15, -0.1) is 0 Å². The van der Waals surface area contributed by atoms with E-state index in [2.05, 4.69) is 36.2 Å². The molecule has 0 aliphatic carbocycles. The summed E-state index contributed by atoms with van der Waals surface area (Å²) in [7, 11) is 0. The first kappa shape index (κ1) is 41.8. The van der Waals surface area contributed by atoms with Crippen molar-refractivity contribution >= 4 is 0 Å². The summed E-state index contributed by atoms with van der Waals surface area (Å²) < 4.78 is 35.5. The Labute approximate surface area is 351 Å². The molecule has 7 aromatic rings. The van der Waals surface area contributed by atoms with Crippen LogP contribution in [0.2, 0.25) is 0 Å². The molecule has 0 saturated heterocycles. The first-order valence-corrected chi connectivity index (χ1v) is 21.5. The lowest BCUT2D eigenvalue weighted by molar-refractivity contribution is 0.305. The van der Waals surface area contributed by atoms with Crippen LogP contribution in [0.3, 0.4) is 0 Å². The summed E-state index contributed by atoms with van der Waals surface area (Å²) in [5.74, 6) is 4.41. The van der Waals surface area contributed by atoms with E-state index in [4.69, 9.17) is 42.7 Å². The number of benzene rings is 4. The fourth-order valence-electron chi connectivity index (χ4n) is 6.70. The molecule has 0 aliphatic heterocycles. The van der Waals surface area contributed by atoms with Gasteiger partial charge in [0.1, 0.15) is 17.2 Å². The summed E-state index contributed by atoms with van der Waals surface area (Å²) in [5, 5.41) is 13.1. The maximum Gasteiger partial charge on any atom is 0.258 e. The first-order chi connectivity index (χ1) is 29.6. The number of unbranched alkanes of at least 4 members (excludes halogenated alkanes) is 9. The fraction of sp³-hybridized carbons (Fsp3) is 0.375. The molecular formula is C48H54N6O6. The monoisotopic (exact) mass is 810 g/mol. The third-order valence-electron chi connectivity index (χ3n) is 10.0. The summed E-state index contributed by atoms with van der Waals surface area (Å²) in [5.41, 5.74) is 4.16. The molecule has 0 saturated carbocycles. The van der Waals surface area contributed by atoms with Gasteiger partial charge in [-0.1, -0.05) is 112 Å². The number of hydrogen-bond acceptors (Lipinski definition) is 12. The number of hydrogen-bond donors (Lipinski definition) is 0. The zero-order valence-electron chi connectivity index (χ0n) is 34.9. The molecule has 0 bridgehead atoms. The Hall–Kier alpha value is -6.30. The maximum absolute atomic E-state index is 6.03. The molecule has 0 amide bonds. The highest BCUT2D eigenvalue weighted by Crippen LogP contribution is 2.34. The van der Waals surface area contributed by atoms with E-state index >= 15 is 0 Å². The predicted octanol–water partition coefficient (Wildman–Crippen LogP) is 12.7. The zero-order chi connectivity index (χ0) is 41.4. The highest BCUT2D eigenvalue weighted by atomic mass is 16.5. The molecule has 3 heterocycles. The van der Waals surface area contributed by atoms with Gasteiger partial charge in [-0.3, -0.25) is 0 Å². The molecule has 312 valence electrons. The molecule has 12 heteroatoms.